The van der Waals surface area contributed by atoms with Crippen LogP contribution in [0, 0.1) is 5.82 Å². The van der Waals surface area contributed by atoms with Crippen molar-refractivity contribution in [2.45, 2.75) is 19.3 Å². The summed E-state index contributed by atoms with van der Waals surface area (Å²) in [5.41, 5.74) is 1.66. The first-order valence-corrected chi connectivity index (χ1v) is 6.45. The predicted octanol–water partition coefficient (Wildman–Crippen LogP) is 2.80. The number of rotatable bonds is 5. The summed E-state index contributed by atoms with van der Waals surface area (Å²) in [4.78, 5) is 4.42. The van der Waals surface area contributed by atoms with E-state index in [1.807, 2.05) is 11.4 Å². The Morgan fingerprint density at radius 1 is 1.29 bits per heavy atom. The Kier molecular flexibility index (Phi) is 4.23. The number of nitrogens with zero attached hydrogens (tertiary/aromatic N) is 1. The molecule has 0 saturated heterocycles. The van der Waals surface area contributed by atoms with Gasteiger partial charge in [0.05, 0.1) is 10.7 Å². The topological polar surface area (TPSA) is 33.1 Å². The Balaban J connectivity index is 2.04. The number of aromatic nitrogens is 1. The molecule has 0 unspecified atom stereocenters. The van der Waals surface area contributed by atoms with Crippen LogP contribution in [-0.4, -0.2) is 16.7 Å². The second-order valence-corrected chi connectivity index (χ2v) is 4.77. The average molecular weight is 251 g/mol. The number of hydrogen-bond donors (Lipinski definition) is 1. The van der Waals surface area contributed by atoms with Crippen LogP contribution in [0.3, 0.4) is 0 Å². The van der Waals surface area contributed by atoms with Crippen molar-refractivity contribution >= 4 is 11.3 Å². The summed E-state index contributed by atoms with van der Waals surface area (Å²) in [6.45, 7) is 0.181. The van der Waals surface area contributed by atoms with Crippen molar-refractivity contribution in [1.29, 1.82) is 0 Å². The summed E-state index contributed by atoms with van der Waals surface area (Å²) in [5, 5.41) is 11.6. The first-order chi connectivity index (χ1) is 8.29. The van der Waals surface area contributed by atoms with Crippen molar-refractivity contribution in [3.05, 3.63) is 51.7 Å². The van der Waals surface area contributed by atoms with Crippen molar-refractivity contribution in [3.8, 4) is 0 Å². The van der Waals surface area contributed by atoms with E-state index in [2.05, 4.69) is 4.98 Å². The minimum absolute atomic E-state index is 0.181. The van der Waals surface area contributed by atoms with Crippen LogP contribution in [0.5, 0.6) is 0 Å². The van der Waals surface area contributed by atoms with E-state index in [0.29, 0.717) is 12.0 Å². The van der Waals surface area contributed by atoms with Gasteiger partial charge in [0.25, 0.3) is 0 Å². The van der Waals surface area contributed by atoms with Crippen LogP contribution in [0.15, 0.2) is 29.6 Å². The minimum atomic E-state index is -0.181. The van der Waals surface area contributed by atoms with Gasteiger partial charge >= 0.3 is 0 Å². The predicted molar refractivity (Wildman–Crippen MR) is 66.7 cm³/mol. The molecule has 2 nitrogen and oxygen atoms in total. The molecule has 0 aliphatic heterocycles. The number of hydrogen-bond acceptors (Lipinski definition) is 3. The average Bonchev–Trinajstić information content (AvgIpc) is 2.77. The van der Waals surface area contributed by atoms with Gasteiger partial charge in [-0.3, -0.25) is 0 Å². The lowest BCUT2D eigenvalue weighted by molar-refractivity contribution is 0.288. The monoisotopic (exact) mass is 251 g/mol. The van der Waals surface area contributed by atoms with E-state index < -0.39 is 0 Å². The molecule has 0 radical (unpaired) electrons. The number of aliphatic hydroxyl groups is 1. The van der Waals surface area contributed by atoms with E-state index in [0.717, 1.165) is 23.5 Å². The number of benzene rings is 1. The molecule has 0 fully saturated rings. The van der Waals surface area contributed by atoms with E-state index >= 15 is 0 Å². The standard InChI is InChI=1S/C13H14FNOS/c14-12-6-2-1-4-10(12)8-13-15-11(9-17-13)5-3-7-16/h1-2,4,6,9,16H,3,5,7-8H2. The highest BCUT2D eigenvalue weighted by Crippen LogP contribution is 2.17. The van der Waals surface area contributed by atoms with Crippen molar-refractivity contribution < 1.29 is 9.50 Å². The van der Waals surface area contributed by atoms with Crippen molar-refractivity contribution in [1.82, 2.24) is 4.98 Å². The molecule has 17 heavy (non-hydrogen) atoms. The highest BCUT2D eigenvalue weighted by molar-refractivity contribution is 7.09. The fraction of sp³-hybridized carbons (Fsp3) is 0.308. The second-order valence-electron chi connectivity index (χ2n) is 3.83. The summed E-state index contributed by atoms with van der Waals surface area (Å²) in [7, 11) is 0. The van der Waals surface area contributed by atoms with E-state index in [1.165, 1.54) is 6.07 Å². The summed E-state index contributed by atoms with van der Waals surface area (Å²) >= 11 is 1.54. The van der Waals surface area contributed by atoms with Crippen LogP contribution >= 0.6 is 11.3 Å². The van der Waals surface area contributed by atoms with Gasteiger partial charge in [-0.15, -0.1) is 11.3 Å². The molecule has 1 N–H and O–H groups in total. The Bertz CT molecular complexity index is 484. The van der Waals surface area contributed by atoms with Gasteiger partial charge in [0.1, 0.15) is 5.82 Å². The number of aliphatic hydroxyl groups excluding tert-OH is 1. The van der Waals surface area contributed by atoms with Gasteiger partial charge in [0.2, 0.25) is 0 Å². The molecule has 1 heterocycles. The molecule has 0 amide bonds. The Hall–Kier alpha value is -1.26. The number of halogens is 1. The van der Waals surface area contributed by atoms with Gasteiger partial charge in [-0.05, 0) is 24.5 Å². The van der Waals surface area contributed by atoms with E-state index in [-0.39, 0.29) is 12.4 Å². The fourth-order valence-electron chi connectivity index (χ4n) is 1.61. The molecule has 0 aliphatic carbocycles. The van der Waals surface area contributed by atoms with Gasteiger partial charge in [-0.1, -0.05) is 18.2 Å². The molecule has 0 saturated carbocycles. The van der Waals surface area contributed by atoms with Gasteiger partial charge in [-0.2, -0.15) is 0 Å². The summed E-state index contributed by atoms with van der Waals surface area (Å²) < 4.78 is 13.4. The summed E-state index contributed by atoms with van der Waals surface area (Å²) in [6, 6.07) is 6.77. The van der Waals surface area contributed by atoms with Crippen molar-refractivity contribution in [2.24, 2.45) is 0 Å². The number of aryl methyl sites for hydroxylation is 1. The normalized spacial score (nSPS) is 10.7. The molecule has 1 aromatic carbocycles. The molecule has 0 bridgehead atoms. The summed E-state index contributed by atoms with van der Waals surface area (Å²) in [6.07, 6.45) is 2.05. The maximum absolute atomic E-state index is 13.4. The molecular formula is C13H14FNOS. The van der Waals surface area contributed by atoms with E-state index in [1.54, 1.807) is 23.5 Å². The molecule has 0 spiro atoms. The molecule has 1 aromatic heterocycles. The third-order valence-electron chi connectivity index (χ3n) is 2.49. The van der Waals surface area contributed by atoms with Gasteiger partial charge in [0.15, 0.2) is 0 Å². The van der Waals surface area contributed by atoms with Crippen LogP contribution in [0.25, 0.3) is 0 Å². The molecular weight excluding hydrogens is 237 g/mol. The molecule has 0 atom stereocenters. The Morgan fingerprint density at radius 3 is 2.88 bits per heavy atom. The number of thiazole rings is 1. The smallest absolute Gasteiger partial charge is 0.126 e. The zero-order chi connectivity index (χ0) is 12.1. The summed E-state index contributed by atoms with van der Waals surface area (Å²) in [5.74, 6) is -0.181. The van der Waals surface area contributed by atoms with Crippen LogP contribution < -0.4 is 0 Å². The van der Waals surface area contributed by atoms with Crippen LogP contribution in [0.2, 0.25) is 0 Å². The molecule has 0 aliphatic rings. The zero-order valence-corrected chi connectivity index (χ0v) is 10.2. The fourth-order valence-corrected chi connectivity index (χ4v) is 2.46. The van der Waals surface area contributed by atoms with Crippen molar-refractivity contribution in [2.75, 3.05) is 6.61 Å². The zero-order valence-electron chi connectivity index (χ0n) is 9.40. The SMILES string of the molecule is OCCCc1csc(Cc2ccccc2F)n1. The van der Waals surface area contributed by atoms with Gasteiger partial charge < -0.3 is 5.11 Å². The third kappa shape index (κ3) is 3.35. The van der Waals surface area contributed by atoms with Crippen LogP contribution in [0.4, 0.5) is 4.39 Å². The highest BCUT2D eigenvalue weighted by atomic mass is 32.1. The largest absolute Gasteiger partial charge is 0.396 e. The lowest BCUT2D eigenvalue weighted by Crippen LogP contribution is -1.93. The maximum atomic E-state index is 13.4. The maximum Gasteiger partial charge on any atom is 0.126 e. The third-order valence-corrected chi connectivity index (χ3v) is 3.39. The molecule has 90 valence electrons. The van der Waals surface area contributed by atoms with E-state index in [9.17, 15) is 4.39 Å². The van der Waals surface area contributed by atoms with Crippen molar-refractivity contribution in [3.63, 3.8) is 0 Å². The van der Waals surface area contributed by atoms with Gasteiger partial charge in [0, 0.05) is 18.4 Å². The molecule has 2 rings (SSSR count). The molecule has 4 heteroatoms. The second kappa shape index (κ2) is 5.89. The Labute approximate surface area is 104 Å². The first kappa shape index (κ1) is 12.2. The molecule has 2 aromatic rings. The van der Waals surface area contributed by atoms with Gasteiger partial charge in [-0.25, -0.2) is 9.37 Å². The minimum Gasteiger partial charge on any atom is -0.396 e. The lowest BCUT2D eigenvalue weighted by Gasteiger charge is -1.99. The Morgan fingerprint density at radius 2 is 2.12 bits per heavy atom. The van der Waals surface area contributed by atoms with E-state index in [4.69, 9.17) is 5.11 Å². The van der Waals surface area contributed by atoms with Crippen LogP contribution in [-0.2, 0) is 12.8 Å². The highest BCUT2D eigenvalue weighted by Gasteiger charge is 2.06. The first-order valence-electron chi connectivity index (χ1n) is 5.57. The quantitative estimate of drug-likeness (QED) is 0.886. The lowest BCUT2D eigenvalue weighted by atomic mass is 10.1. The van der Waals surface area contributed by atoms with Crippen LogP contribution in [0.1, 0.15) is 22.7 Å².